The van der Waals surface area contributed by atoms with Crippen LogP contribution in [0.1, 0.15) is 35.2 Å². The van der Waals surface area contributed by atoms with Crippen molar-refractivity contribution in [3.8, 4) is 0 Å². The molecule has 1 saturated heterocycles. The first-order valence-corrected chi connectivity index (χ1v) is 8.06. The summed E-state index contributed by atoms with van der Waals surface area (Å²) in [5.41, 5.74) is 1.34. The molecule has 120 valence electrons. The number of carbonyl (C=O) groups excluding carboxylic acids is 1. The van der Waals surface area contributed by atoms with Crippen molar-refractivity contribution in [3.63, 3.8) is 0 Å². The molecule has 1 aliphatic heterocycles. The van der Waals surface area contributed by atoms with E-state index in [-0.39, 0.29) is 29.2 Å². The largest absolute Gasteiger partial charge is 0.374 e. The third-order valence-electron chi connectivity index (χ3n) is 4.82. The minimum absolute atomic E-state index is 0.0915. The van der Waals surface area contributed by atoms with Gasteiger partial charge in [0.05, 0.1) is 18.8 Å². The maximum absolute atomic E-state index is 12.9. The molecule has 1 saturated carbocycles. The Morgan fingerprint density at radius 1 is 1.35 bits per heavy atom. The molecule has 0 unspecified atom stereocenters. The van der Waals surface area contributed by atoms with Gasteiger partial charge in [-0.3, -0.25) is 14.0 Å². The Morgan fingerprint density at radius 3 is 3.09 bits per heavy atom. The van der Waals surface area contributed by atoms with Crippen molar-refractivity contribution < 1.29 is 9.53 Å². The molecule has 6 nitrogen and oxygen atoms in total. The number of amides is 1. The number of aromatic nitrogens is 2. The Kier molecular flexibility index (Phi) is 3.41. The molecule has 2 aliphatic rings. The molecule has 2 fully saturated rings. The van der Waals surface area contributed by atoms with E-state index in [9.17, 15) is 9.59 Å². The molecule has 23 heavy (non-hydrogen) atoms. The molecule has 0 radical (unpaired) electrons. The zero-order valence-electron chi connectivity index (χ0n) is 13.1. The van der Waals surface area contributed by atoms with Crippen LogP contribution >= 0.6 is 0 Å². The first kappa shape index (κ1) is 14.4. The summed E-state index contributed by atoms with van der Waals surface area (Å²) >= 11 is 0. The van der Waals surface area contributed by atoms with Gasteiger partial charge < -0.3 is 9.64 Å². The second kappa shape index (κ2) is 5.45. The van der Waals surface area contributed by atoms with Crippen LogP contribution in [0.25, 0.3) is 5.65 Å². The predicted molar refractivity (Wildman–Crippen MR) is 84.6 cm³/mol. The normalized spacial score (nSPS) is 24.0. The van der Waals surface area contributed by atoms with Crippen molar-refractivity contribution in [2.75, 3.05) is 13.2 Å². The fourth-order valence-corrected chi connectivity index (χ4v) is 3.66. The van der Waals surface area contributed by atoms with Crippen LogP contribution in [0, 0.1) is 6.92 Å². The zero-order chi connectivity index (χ0) is 16.0. The zero-order valence-corrected chi connectivity index (χ0v) is 13.1. The van der Waals surface area contributed by atoms with Gasteiger partial charge in [0, 0.05) is 18.9 Å². The predicted octanol–water partition coefficient (Wildman–Crippen LogP) is 1.40. The van der Waals surface area contributed by atoms with Crippen LogP contribution in [0.3, 0.4) is 0 Å². The molecule has 2 atom stereocenters. The number of hydrogen-bond acceptors (Lipinski definition) is 4. The highest BCUT2D eigenvalue weighted by Crippen LogP contribution is 2.30. The van der Waals surface area contributed by atoms with Gasteiger partial charge in [0.1, 0.15) is 11.2 Å². The van der Waals surface area contributed by atoms with Gasteiger partial charge in [0.25, 0.3) is 11.5 Å². The van der Waals surface area contributed by atoms with E-state index in [1.165, 1.54) is 10.6 Å². The summed E-state index contributed by atoms with van der Waals surface area (Å²) in [6.45, 7) is 2.98. The molecule has 6 heteroatoms. The Bertz CT molecular complexity index is 829. The molecule has 0 bridgehead atoms. The van der Waals surface area contributed by atoms with Gasteiger partial charge in [-0.1, -0.05) is 6.07 Å². The molecule has 4 rings (SSSR count). The van der Waals surface area contributed by atoms with Crippen molar-refractivity contribution >= 4 is 11.6 Å². The number of carbonyl (C=O) groups is 1. The van der Waals surface area contributed by atoms with Crippen LogP contribution < -0.4 is 5.56 Å². The molecule has 2 aromatic rings. The number of pyridine rings is 1. The summed E-state index contributed by atoms with van der Waals surface area (Å²) in [5, 5.41) is 0. The van der Waals surface area contributed by atoms with Crippen LogP contribution in [0.15, 0.2) is 29.3 Å². The van der Waals surface area contributed by atoms with E-state index >= 15 is 0 Å². The lowest BCUT2D eigenvalue weighted by molar-refractivity contribution is -0.0446. The highest BCUT2D eigenvalue weighted by molar-refractivity contribution is 5.94. The van der Waals surface area contributed by atoms with E-state index in [1.54, 1.807) is 12.3 Å². The third kappa shape index (κ3) is 2.34. The van der Waals surface area contributed by atoms with Crippen molar-refractivity contribution in [2.45, 2.75) is 38.3 Å². The third-order valence-corrected chi connectivity index (χ3v) is 4.82. The Labute approximate surface area is 133 Å². The fraction of sp³-hybridized carbons (Fsp3) is 0.471. The quantitative estimate of drug-likeness (QED) is 0.798. The molecule has 0 spiro atoms. The monoisotopic (exact) mass is 313 g/mol. The molecule has 3 heterocycles. The van der Waals surface area contributed by atoms with Crippen LogP contribution in [0.5, 0.6) is 0 Å². The van der Waals surface area contributed by atoms with Gasteiger partial charge in [0.15, 0.2) is 0 Å². The van der Waals surface area contributed by atoms with E-state index in [0.717, 1.165) is 24.8 Å². The average molecular weight is 313 g/mol. The lowest BCUT2D eigenvalue weighted by atomic mass is 10.1. The second-order valence-electron chi connectivity index (χ2n) is 6.32. The Hall–Kier alpha value is -2.21. The number of nitrogens with zero attached hydrogens (tertiary/aromatic N) is 3. The lowest BCUT2D eigenvalue weighted by Gasteiger charge is -2.37. The first-order chi connectivity index (χ1) is 11.1. The van der Waals surface area contributed by atoms with Gasteiger partial charge >= 0.3 is 0 Å². The molecular formula is C17H19N3O3. The molecule has 1 aliphatic carbocycles. The van der Waals surface area contributed by atoms with E-state index < -0.39 is 0 Å². The number of aryl methyl sites for hydroxylation is 1. The number of rotatable bonds is 1. The topological polar surface area (TPSA) is 63.9 Å². The van der Waals surface area contributed by atoms with E-state index in [0.29, 0.717) is 18.8 Å². The van der Waals surface area contributed by atoms with E-state index in [2.05, 4.69) is 4.98 Å². The summed E-state index contributed by atoms with van der Waals surface area (Å²) < 4.78 is 7.20. The summed E-state index contributed by atoms with van der Waals surface area (Å²) in [4.78, 5) is 31.7. The average Bonchev–Trinajstić information content (AvgIpc) is 3.04. The molecular weight excluding hydrogens is 294 g/mol. The summed E-state index contributed by atoms with van der Waals surface area (Å²) in [6.07, 6.45) is 6.24. The lowest BCUT2D eigenvalue weighted by Crippen LogP contribution is -2.52. The molecule has 0 N–H and O–H groups in total. The van der Waals surface area contributed by atoms with Crippen LogP contribution in [-0.4, -0.2) is 45.5 Å². The van der Waals surface area contributed by atoms with Gasteiger partial charge in [0.2, 0.25) is 0 Å². The molecule has 0 aromatic carbocycles. The number of hydrogen-bond donors (Lipinski definition) is 0. The fourth-order valence-electron chi connectivity index (χ4n) is 3.66. The highest BCUT2D eigenvalue weighted by Gasteiger charge is 2.39. The maximum atomic E-state index is 12.9. The maximum Gasteiger partial charge on any atom is 0.270 e. The smallest absolute Gasteiger partial charge is 0.270 e. The van der Waals surface area contributed by atoms with Gasteiger partial charge in [-0.15, -0.1) is 0 Å². The summed E-state index contributed by atoms with van der Waals surface area (Å²) in [7, 11) is 0. The minimum atomic E-state index is -0.301. The van der Waals surface area contributed by atoms with Crippen molar-refractivity contribution in [1.29, 1.82) is 0 Å². The van der Waals surface area contributed by atoms with E-state index in [4.69, 9.17) is 4.74 Å². The number of fused-ring (bicyclic) bond motifs is 2. The summed E-state index contributed by atoms with van der Waals surface area (Å²) in [6, 6.07) is 3.77. The van der Waals surface area contributed by atoms with Crippen molar-refractivity contribution in [1.82, 2.24) is 14.3 Å². The second-order valence-corrected chi connectivity index (χ2v) is 6.32. The van der Waals surface area contributed by atoms with E-state index in [1.807, 2.05) is 17.9 Å². The van der Waals surface area contributed by atoms with Gasteiger partial charge in [-0.25, -0.2) is 4.98 Å². The SMILES string of the molecule is Cc1ccc2ncc(C(=O)N3CCO[C@H]4CCC[C@H]43)c(=O)n2c1. The molecule has 1 amide bonds. The van der Waals surface area contributed by atoms with Crippen LogP contribution in [0.2, 0.25) is 0 Å². The Morgan fingerprint density at radius 2 is 2.22 bits per heavy atom. The summed E-state index contributed by atoms with van der Waals surface area (Å²) in [5.74, 6) is -0.224. The van der Waals surface area contributed by atoms with Crippen molar-refractivity contribution in [2.24, 2.45) is 0 Å². The van der Waals surface area contributed by atoms with Gasteiger partial charge in [-0.05, 0) is 37.8 Å². The van der Waals surface area contributed by atoms with Crippen molar-refractivity contribution in [3.05, 3.63) is 46.0 Å². The highest BCUT2D eigenvalue weighted by atomic mass is 16.5. The number of morpholine rings is 1. The first-order valence-electron chi connectivity index (χ1n) is 8.06. The minimum Gasteiger partial charge on any atom is -0.374 e. The van der Waals surface area contributed by atoms with Crippen LogP contribution in [0.4, 0.5) is 0 Å². The van der Waals surface area contributed by atoms with Gasteiger partial charge in [-0.2, -0.15) is 0 Å². The molecule has 2 aromatic heterocycles. The Balaban J connectivity index is 1.75. The van der Waals surface area contributed by atoms with Crippen LogP contribution in [-0.2, 0) is 4.74 Å². The standard InChI is InChI=1S/C17H19N3O3/c1-11-5-6-15-18-9-12(17(22)20(15)10-11)16(21)19-7-8-23-14-4-2-3-13(14)19/h5-6,9-10,13-14H,2-4,7-8H2,1H3/t13-,14+/m1/s1. The number of ether oxygens (including phenoxy) is 1.